The zero-order chi connectivity index (χ0) is 46.5. The molecule has 0 aliphatic heterocycles. The summed E-state index contributed by atoms with van der Waals surface area (Å²) < 4.78 is 16.6. The van der Waals surface area contributed by atoms with Crippen molar-refractivity contribution >= 4 is 17.9 Å². The van der Waals surface area contributed by atoms with Crippen LogP contribution in [0.4, 0.5) is 0 Å². The average molecular weight is 889 g/mol. The number of unbranched alkanes of at least 4 members (excludes halogenated alkanes) is 24. The SMILES string of the molecule is CC/C=C\C/C=C\C/C=C\CC(=O)OCC(COC(=O)CCCCCCCCCCCCCCCCCCCCC)OC(=O)CCCCCCC\C=C/C=C\C=C/C=C\C=C/CCC. The molecule has 0 saturated heterocycles. The number of hydrogen-bond donors (Lipinski definition) is 0. The van der Waals surface area contributed by atoms with Gasteiger partial charge in [0.15, 0.2) is 6.10 Å². The Bertz CT molecular complexity index is 1300. The third-order valence-corrected chi connectivity index (χ3v) is 11.0. The minimum Gasteiger partial charge on any atom is -0.462 e. The molecule has 0 aliphatic carbocycles. The molecule has 0 rings (SSSR count). The summed E-state index contributed by atoms with van der Waals surface area (Å²) in [6.45, 7) is 6.32. The molecule has 0 amide bonds. The Hall–Kier alpha value is -3.67. The molecule has 0 aromatic rings. The number of rotatable bonds is 46. The summed E-state index contributed by atoms with van der Waals surface area (Å²) in [6, 6.07) is 0. The van der Waals surface area contributed by atoms with Gasteiger partial charge in [0.05, 0.1) is 6.42 Å². The molecule has 0 radical (unpaired) electrons. The molecule has 1 unspecified atom stereocenters. The topological polar surface area (TPSA) is 78.9 Å². The maximum Gasteiger partial charge on any atom is 0.309 e. The van der Waals surface area contributed by atoms with E-state index in [1.165, 1.54) is 109 Å². The largest absolute Gasteiger partial charge is 0.462 e. The molecular formula is C58H96O6. The Morgan fingerprint density at radius 2 is 0.750 bits per heavy atom. The lowest BCUT2D eigenvalue weighted by Crippen LogP contribution is -2.30. The van der Waals surface area contributed by atoms with Crippen molar-refractivity contribution in [3.63, 3.8) is 0 Å². The van der Waals surface area contributed by atoms with Crippen LogP contribution in [-0.2, 0) is 28.6 Å². The first-order valence-electron chi connectivity index (χ1n) is 26.3. The molecule has 6 heteroatoms. The van der Waals surface area contributed by atoms with Gasteiger partial charge in [-0.1, -0.05) is 259 Å². The highest BCUT2D eigenvalue weighted by Crippen LogP contribution is 2.16. The molecule has 0 spiro atoms. The van der Waals surface area contributed by atoms with E-state index in [2.05, 4.69) is 69.4 Å². The van der Waals surface area contributed by atoms with Crippen molar-refractivity contribution in [2.75, 3.05) is 13.2 Å². The van der Waals surface area contributed by atoms with Crippen molar-refractivity contribution in [1.29, 1.82) is 0 Å². The summed E-state index contributed by atoms with van der Waals surface area (Å²) in [5, 5.41) is 0. The van der Waals surface area contributed by atoms with E-state index in [0.29, 0.717) is 6.42 Å². The van der Waals surface area contributed by atoms with Crippen LogP contribution in [0, 0.1) is 0 Å². The highest BCUT2D eigenvalue weighted by atomic mass is 16.6. The zero-order valence-corrected chi connectivity index (χ0v) is 41.5. The van der Waals surface area contributed by atoms with E-state index in [-0.39, 0.29) is 38.0 Å². The van der Waals surface area contributed by atoms with E-state index in [1.54, 1.807) is 6.08 Å². The summed E-state index contributed by atoms with van der Waals surface area (Å²) in [7, 11) is 0. The predicted octanol–water partition coefficient (Wildman–Crippen LogP) is 17.4. The Morgan fingerprint density at radius 3 is 1.23 bits per heavy atom. The lowest BCUT2D eigenvalue weighted by atomic mass is 10.0. The number of allylic oxidation sites excluding steroid dienone is 15. The van der Waals surface area contributed by atoms with Gasteiger partial charge in [-0.3, -0.25) is 14.4 Å². The molecule has 6 nitrogen and oxygen atoms in total. The molecule has 0 aromatic carbocycles. The van der Waals surface area contributed by atoms with Crippen LogP contribution in [0.15, 0.2) is 97.2 Å². The molecule has 364 valence electrons. The average Bonchev–Trinajstić information content (AvgIpc) is 3.29. The first kappa shape index (κ1) is 60.3. The van der Waals surface area contributed by atoms with Crippen LogP contribution in [-0.4, -0.2) is 37.2 Å². The molecular weight excluding hydrogens is 793 g/mol. The fourth-order valence-corrected chi connectivity index (χ4v) is 7.06. The minimum absolute atomic E-state index is 0.114. The van der Waals surface area contributed by atoms with E-state index < -0.39 is 12.1 Å². The first-order chi connectivity index (χ1) is 31.5. The Balaban J connectivity index is 4.39. The molecule has 64 heavy (non-hydrogen) atoms. The Labute approximate surface area is 394 Å². The molecule has 1 atom stereocenters. The van der Waals surface area contributed by atoms with Crippen LogP contribution in [0.25, 0.3) is 0 Å². The van der Waals surface area contributed by atoms with E-state index in [4.69, 9.17) is 14.2 Å². The van der Waals surface area contributed by atoms with Crippen LogP contribution in [0.2, 0.25) is 0 Å². The lowest BCUT2D eigenvalue weighted by molar-refractivity contribution is -0.166. The van der Waals surface area contributed by atoms with E-state index in [1.807, 2.05) is 42.5 Å². The van der Waals surface area contributed by atoms with Gasteiger partial charge in [-0.15, -0.1) is 0 Å². The molecule has 0 aliphatic rings. The molecule has 0 heterocycles. The van der Waals surface area contributed by atoms with Gasteiger partial charge in [0, 0.05) is 12.8 Å². The monoisotopic (exact) mass is 889 g/mol. The van der Waals surface area contributed by atoms with Crippen molar-refractivity contribution in [2.24, 2.45) is 0 Å². The van der Waals surface area contributed by atoms with Crippen LogP contribution >= 0.6 is 0 Å². The fraction of sp³-hybridized carbons (Fsp3) is 0.672. The van der Waals surface area contributed by atoms with Crippen LogP contribution in [0.5, 0.6) is 0 Å². The Kier molecular flexibility index (Phi) is 49.0. The van der Waals surface area contributed by atoms with Gasteiger partial charge in [0.25, 0.3) is 0 Å². The third kappa shape index (κ3) is 49.3. The maximum atomic E-state index is 12.8. The maximum absolute atomic E-state index is 12.8. The number of hydrogen-bond acceptors (Lipinski definition) is 6. The molecule has 0 N–H and O–H groups in total. The van der Waals surface area contributed by atoms with E-state index in [9.17, 15) is 14.4 Å². The number of esters is 3. The summed E-state index contributed by atoms with van der Waals surface area (Å²) in [5.41, 5.74) is 0. The predicted molar refractivity (Wildman–Crippen MR) is 274 cm³/mol. The van der Waals surface area contributed by atoms with Crippen molar-refractivity contribution < 1.29 is 28.6 Å². The smallest absolute Gasteiger partial charge is 0.309 e. The van der Waals surface area contributed by atoms with Gasteiger partial charge in [-0.05, 0) is 51.4 Å². The normalized spacial score (nSPS) is 12.9. The quantitative estimate of drug-likeness (QED) is 0.0199. The van der Waals surface area contributed by atoms with Gasteiger partial charge < -0.3 is 14.2 Å². The van der Waals surface area contributed by atoms with Crippen LogP contribution < -0.4 is 0 Å². The third-order valence-electron chi connectivity index (χ3n) is 11.0. The Morgan fingerprint density at radius 1 is 0.359 bits per heavy atom. The number of ether oxygens (including phenoxy) is 3. The van der Waals surface area contributed by atoms with Crippen LogP contribution in [0.1, 0.15) is 233 Å². The van der Waals surface area contributed by atoms with Gasteiger partial charge in [-0.25, -0.2) is 0 Å². The molecule has 0 aromatic heterocycles. The van der Waals surface area contributed by atoms with E-state index >= 15 is 0 Å². The highest BCUT2D eigenvalue weighted by Gasteiger charge is 2.19. The molecule has 0 bridgehead atoms. The molecule has 0 fully saturated rings. The minimum atomic E-state index is -0.825. The summed E-state index contributed by atoms with van der Waals surface area (Å²) in [4.78, 5) is 37.9. The second-order valence-electron chi connectivity index (χ2n) is 17.2. The zero-order valence-electron chi connectivity index (χ0n) is 41.5. The second-order valence-corrected chi connectivity index (χ2v) is 17.2. The van der Waals surface area contributed by atoms with E-state index in [0.717, 1.165) is 83.5 Å². The standard InChI is InChI=1S/C58H96O6/c1-4-7-10-13-16-19-21-23-25-27-29-31-32-34-36-39-42-45-48-51-57(60)63-54-55(53-62-56(59)50-47-44-41-38-18-15-12-9-6-3)64-58(61)52-49-46-43-40-37-35-33-30-28-26-24-22-20-17-14-11-8-5-2/h9,11-12,14,17-18,20,22,24,26,28,30,33,38,44,47,55H,4-8,10,13,15-16,19,21,23,25,27,29,31-32,34-37,39-43,45-46,48-54H2,1-3H3/b12-9-,14-11-,20-17-,24-22-,28-26-,33-30-,38-18-,47-44-. The summed E-state index contributed by atoms with van der Waals surface area (Å²) in [5.74, 6) is -1.07. The fourth-order valence-electron chi connectivity index (χ4n) is 7.06. The number of carbonyl (C=O) groups is 3. The second kappa shape index (κ2) is 52.0. The summed E-state index contributed by atoms with van der Waals surface area (Å²) in [6.07, 6.45) is 68.6. The van der Waals surface area contributed by atoms with Gasteiger partial charge in [0.1, 0.15) is 13.2 Å². The molecule has 0 saturated carbocycles. The van der Waals surface area contributed by atoms with Gasteiger partial charge in [0.2, 0.25) is 0 Å². The van der Waals surface area contributed by atoms with Crippen molar-refractivity contribution in [2.45, 2.75) is 239 Å². The van der Waals surface area contributed by atoms with Crippen molar-refractivity contribution in [1.82, 2.24) is 0 Å². The number of carbonyl (C=O) groups excluding carboxylic acids is 3. The van der Waals surface area contributed by atoms with Crippen molar-refractivity contribution in [3.05, 3.63) is 97.2 Å². The van der Waals surface area contributed by atoms with Gasteiger partial charge >= 0.3 is 17.9 Å². The first-order valence-corrected chi connectivity index (χ1v) is 26.3. The van der Waals surface area contributed by atoms with Crippen molar-refractivity contribution in [3.8, 4) is 0 Å². The highest BCUT2D eigenvalue weighted by molar-refractivity contribution is 5.72. The van der Waals surface area contributed by atoms with Gasteiger partial charge in [-0.2, -0.15) is 0 Å². The lowest BCUT2D eigenvalue weighted by Gasteiger charge is -2.18. The summed E-state index contributed by atoms with van der Waals surface area (Å²) >= 11 is 0. The van der Waals surface area contributed by atoms with Crippen LogP contribution in [0.3, 0.4) is 0 Å².